The Morgan fingerprint density at radius 1 is 0.381 bits per heavy atom. The Labute approximate surface area is 659 Å². The first-order chi connectivity index (χ1) is 53.7. The van der Waals surface area contributed by atoms with Crippen molar-refractivity contribution >= 4 is 99.6 Å². The van der Waals surface area contributed by atoms with Gasteiger partial charge < -0.3 is 112 Å². The average Bonchev–Trinajstić information content (AvgIpc) is 1.69. The number of carboxylic acids is 2. The predicted octanol–water partition coefficient (Wildman–Crippen LogP) is -1.44. The normalized spacial score (nSPS) is 14.5. The van der Waals surface area contributed by atoms with Crippen LogP contribution >= 0.6 is 0 Å². The van der Waals surface area contributed by atoms with Crippen molar-refractivity contribution in [2.75, 3.05) is 39.4 Å². The van der Waals surface area contributed by atoms with Crippen LogP contribution in [-0.2, 0) is 84.8 Å². The molecule has 1 aromatic heterocycles. The molecular weight excluding hydrogens is 1470 g/mol. The van der Waals surface area contributed by atoms with Crippen LogP contribution in [0.4, 0.5) is 0 Å². The van der Waals surface area contributed by atoms with Crippen molar-refractivity contribution < 1.29 is 92.3 Å². The molecule has 0 unspecified atom stereocenters. The van der Waals surface area contributed by atoms with Gasteiger partial charge in [0.05, 0.1) is 19.8 Å². The fourth-order valence-electron chi connectivity index (χ4n) is 12.0. The van der Waals surface area contributed by atoms with Gasteiger partial charge in [0.2, 0.25) is 76.8 Å². The second-order valence-corrected chi connectivity index (χ2v) is 29.2. The highest BCUT2D eigenvalue weighted by Crippen LogP contribution is 2.21. The number of aromatic nitrogens is 1. The van der Waals surface area contributed by atoms with Gasteiger partial charge in [0.1, 0.15) is 72.5 Å². The number of unbranched alkanes of at least 4 members (excludes halogenated alkanes) is 7. The molecule has 3 aromatic rings. The highest BCUT2D eigenvalue weighted by Gasteiger charge is 2.38. The monoisotopic (exact) mass is 1590 g/mol. The van der Waals surface area contributed by atoms with Crippen LogP contribution in [0.5, 0.6) is 0 Å². The van der Waals surface area contributed by atoms with Crippen molar-refractivity contribution in [2.24, 2.45) is 35.0 Å². The molecule has 0 saturated heterocycles. The number of aliphatic hydroxyl groups excluding tert-OH is 2. The summed E-state index contributed by atoms with van der Waals surface area (Å²) < 4.78 is 0. The molecule has 0 bridgehead atoms. The van der Waals surface area contributed by atoms with Gasteiger partial charge in [0.15, 0.2) is 0 Å². The Kier molecular flexibility index (Phi) is 44.8. The summed E-state index contributed by atoms with van der Waals surface area (Å²) in [7, 11) is 0. The lowest BCUT2D eigenvalue weighted by molar-refractivity contribution is -0.142. The molecule has 630 valence electrons. The molecule has 13 amide bonds. The summed E-state index contributed by atoms with van der Waals surface area (Å²) in [5, 5.41) is 74.2. The minimum absolute atomic E-state index is 0.103. The Bertz CT molecular complexity index is 3580. The van der Waals surface area contributed by atoms with Gasteiger partial charge in [-0.25, -0.2) is 0 Å². The zero-order valence-electron chi connectivity index (χ0n) is 66.3. The van der Waals surface area contributed by atoms with E-state index in [0.717, 1.165) is 25.7 Å². The SMILES string of the molecule is CCCCCCCC(=O)N[C@@H](C(=O)N[C@H](CCCCN)C(=O)NCC(=O)N[C@H](CO)C(=O)N[C@H](Cc1c[nH]c2ccccc12)C(=O)N[C@@H](CO)C(=O)N[C@@H](CCCCN)C(=O)N[C@H](CCCCN)C(=O)N[C@@H](Cc1ccccc1)C(=O)N[C@@H](CCC(=O)O)C(=O)N[C@H](C(=O)N[C@@H](C(=O)N[C@@H](C)C(=O)O)C(C)C)C(C)C)C(C)C. The molecule has 0 aliphatic rings. The molecular formula is C77H123N17O19. The van der Waals surface area contributed by atoms with E-state index in [1.54, 1.807) is 102 Å². The van der Waals surface area contributed by atoms with E-state index >= 15 is 0 Å². The molecule has 0 aliphatic heterocycles. The van der Waals surface area contributed by atoms with Gasteiger partial charge in [-0.05, 0) is 132 Å². The minimum Gasteiger partial charge on any atom is -0.481 e. The van der Waals surface area contributed by atoms with Crippen LogP contribution in [0.25, 0.3) is 10.9 Å². The number of aliphatic carboxylic acids is 2. The van der Waals surface area contributed by atoms with Crippen molar-refractivity contribution in [3.05, 3.63) is 71.9 Å². The van der Waals surface area contributed by atoms with Crippen LogP contribution in [0, 0.1) is 17.8 Å². The number of amides is 13. The fraction of sp³-hybridized carbons (Fsp3) is 0.623. The molecule has 36 heteroatoms. The van der Waals surface area contributed by atoms with E-state index in [-0.39, 0.29) is 82.8 Å². The molecule has 1 heterocycles. The first kappa shape index (κ1) is 97.0. The van der Waals surface area contributed by atoms with Gasteiger partial charge in [-0.1, -0.05) is 123 Å². The van der Waals surface area contributed by atoms with Crippen LogP contribution in [0.15, 0.2) is 60.8 Å². The third-order valence-electron chi connectivity index (χ3n) is 18.7. The third-order valence-corrected chi connectivity index (χ3v) is 18.7. The maximum atomic E-state index is 14.8. The van der Waals surface area contributed by atoms with E-state index in [1.807, 2.05) is 0 Å². The van der Waals surface area contributed by atoms with Crippen LogP contribution in [0.3, 0.4) is 0 Å². The fourth-order valence-corrected chi connectivity index (χ4v) is 12.0. The summed E-state index contributed by atoms with van der Waals surface area (Å²) in [5.41, 5.74) is 19.0. The number of carboxylic acid groups (broad SMARTS) is 2. The molecule has 0 saturated carbocycles. The van der Waals surface area contributed by atoms with Crippen molar-refractivity contribution in [2.45, 2.75) is 250 Å². The summed E-state index contributed by atoms with van der Waals surface area (Å²) in [5.74, 6) is -15.9. The number of benzene rings is 2. The maximum absolute atomic E-state index is 14.8. The van der Waals surface area contributed by atoms with Crippen molar-refractivity contribution in [3.8, 4) is 0 Å². The van der Waals surface area contributed by atoms with Gasteiger partial charge >= 0.3 is 11.9 Å². The Morgan fingerprint density at radius 3 is 1.27 bits per heavy atom. The minimum atomic E-state index is -1.85. The summed E-state index contributed by atoms with van der Waals surface area (Å²) in [4.78, 5) is 209. The van der Waals surface area contributed by atoms with E-state index in [0.29, 0.717) is 54.1 Å². The average molecular weight is 1590 g/mol. The Hall–Kier alpha value is -10.2. The zero-order valence-corrected chi connectivity index (χ0v) is 66.3. The van der Waals surface area contributed by atoms with E-state index < -0.39 is 200 Å². The van der Waals surface area contributed by atoms with Crippen LogP contribution in [-0.4, -0.2) is 226 Å². The quantitative estimate of drug-likeness (QED) is 0.0288. The lowest BCUT2D eigenvalue weighted by Crippen LogP contribution is -2.62. The number of para-hydroxylation sites is 1. The number of hydrogen-bond acceptors (Lipinski definition) is 20. The molecule has 36 nitrogen and oxygen atoms in total. The first-order valence-corrected chi connectivity index (χ1v) is 39.0. The Balaban J connectivity index is 1.93. The highest BCUT2D eigenvalue weighted by molar-refractivity contribution is 6.00. The van der Waals surface area contributed by atoms with E-state index in [4.69, 9.17) is 17.2 Å². The highest BCUT2D eigenvalue weighted by atomic mass is 16.4. The van der Waals surface area contributed by atoms with E-state index in [2.05, 4.69) is 81.0 Å². The van der Waals surface area contributed by atoms with E-state index in [9.17, 15) is 92.3 Å². The molecule has 24 N–H and O–H groups in total. The summed E-state index contributed by atoms with van der Waals surface area (Å²) in [6.45, 7) is 10.8. The van der Waals surface area contributed by atoms with Gasteiger partial charge in [-0.3, -0.25) is 71.9 Å². The number of hydrogen-bond donors (Lipinski definition) is 21. The second kappa shape index (κ2) is 52.2. The molecule has 0 radical (unpaired) electrons. The molecule has 2 aromatic carbocycles. The second-order valence-electron chi connectivity index (χ2n) is 29.2. The predicted molar refractivity (Wildman–Crippen MR) is 419 cm³/mol. The zero-order chi connectivity index (χ0) is 84.3. The number of H-pyrrole nitrogens is 1. The number of aliphatic hydroxyl groups is 2. The molecule has 0 spiro atoms. The lowest BCUT2D eigenvalue weighted by atomic mass is 9.98. The van der Waals surface area contributed by atoms with Crippen molar-refractivity contribution in [1.82, 2.24) is 74.1 Å². The van der Waals surface area contributed by atoms with Crippen LogP contribution in [0.1, 0.15) is 176 Å². The molecule has 3 rings (SSSR count). The molecule has 12 atom stereocenters. The molecule has 113 heavy (non-hydrogen) atoms. The number of fused-ring (bicyclic) bond motifs is 1. The van der Waals surface area contributed by atoms with E-state index in [1.165, 1.54) is 6.92 Å². The van der Waals surface area contributed by atoms with Gasteiger partial charge in [0.25, 0.3) is 0 Å². The lowest BCUT2D eigenvalue weighted by Gasteiger charge is -2.29. The number of carbonyl (C=O) groups excluding carboxylic acids is 13. The number of aromatic amines is 1. The van der Waals surface area contributed by atoms with Crippen molar-refractivity contribution in [3.63, 3.8) is 0 Å². The number of rotatable bonds is 56. The largest absolute Gasteiger partial charge is 0.481 e. The van der Waals surface area contributed by atoms with Gasteiger partial charge in [-0.15, -0.1) is 0 Å². The molecule has 0 aliphatic carbocycles. The maximum Gasteiger partial charge on any atom is 0.325 e. The number of carbonyl (C=O) groups is 15. The summed E-state index contributed by atoms with van der Waals surface area (Å²) in [6.07, 6.45) is 6.45. The van der Waals surface area contributed by atoms with Crippen LogP contribution < -0.4 is 86.3 Å². The smallest absolute Gasteiger partial charge is 0.325 e. The Morgan fingerprint density at radius 2 is 0.779 bits per heavy atom. The third kappa shape index (κ3) is 35.2. The van der Waals surface area contributed by atoms with Gasteiger partial charge in [0, 0.05) is 42.8 Å². The van der Waals surface area contributed by atoms with Gasteiger partial charge in [-0.2, -0.15) is 0 Å². The summed E-state index contributed by atoms with van der Waals surface area (Å²) in [6, 6.07) is -2.42. The van der Waals surface area contributed by atoms with Crippen LogP contribution in [0.2, 0.25) is 0 Å². The van der Waals surface area contributed by atoms with Crippen molar-refractivity contribution in [1.29, 1.82) is 0 Å². The summed E-state index contributed by atoms with van der Waals surface area (Å²) >= 11 is 0. The first-order valence-electron chi connectivity index (χ1n) is 39.0. The standard InChI is InChI=1S/C77H123N17O19/c1-9-10-11-12-16-32-60(97)92-63(44(2)3)75(110)88-52(29-19-22-35-78)66(101)82-41-61(98)84-58(42-95)72(107)90-57(39-49-40-81-51-28-18-17-27-50(49)51)71(106)91-59(43-96)73(108)86-53(30-20-23-36-79)67(102)85-54(31-21-24-37-80)68(103)89-56(38-48-25-14-13-15-26-48)70(105)87-55(33-34-62(99)100)69(104)93-65(46(6)7)76(111)94-64(45(4)5)74(109)83-47(8)77(112)113/h13-15,17-18,25-28,40,44-47,52-59,63-65,81,95-96H,9-12,16,19-24,29-39,41-43,78-80H2,1-8H3,(H,82,101)(H,83,109)(H,84,98)(H,85,102)(H,86,108)(H,87,105)(H,88,110)(H,89,103)(H,90,107)(H,91,106)(H,92,97)(H,93,104)(H,94,111)(H,99,100)(H,112,113)/t47-,52+,53-,54+,55-,56-,57+,58+,59-,63+,64+,65-/m0/s1. The number of nitrogens with two attached hydrogens (primary N) is 3. The topological polar surface area (TPSA) is 587 Å². The number of nitrogens with one attached hydrogen (secondary N) is 14. The molecule has 0 fully saturated rings.